The second-order valence-electron chi connectivity index (χ2n) is 8.34. The molecular formula is C28H28N4O3. The molecule has 0 radical (unpaired) electrons. The normalized spacial score (nSPS) is 12.1. The van der Waals surface area contributed by atoms with E-state index in [1.54, 1.807) is 18.7 Å². The van der Waals surface area contributed by atoms with Gasteiger partial charge in [0, 0.05) is 23.9 Å². The van der Waals surface area contributed by atoms with Crippen molar-refractivity contribution >= 4 is 23.9 Å². The van der Waals surface area contributed by atoms with Gasteiger partial charge in [-0.15, -0.1) is 5.10 Å². The molecule has 35 heavy (non-hydrogen) atoms. The van der Waals surface area contributed by atoms with Crippen LogP contribution in [0.2, 0.25) is 0 Å². The number of nitrogens with one attached hydrogen (secondary N) is 1. The van der Waals surface area contributed by atoms with Crippen LogP contribution in [0.3, 0.4) is 0 Å². The Kier molecular flexibility index (Phi) is 6.68. The molecule has 2 aromatic carbocycles. The Morgan fingerprint density at radius 2 is 1.86 bits per heavy atom. The highest BCUT2D eigenvalue weighted by molar-refractivity contribution is 5.72. The first-order valence-corrected chi connectivity index (χ1v) is 11.2. The summed E-state index contributed by atoms with van der Waals surface area (Å²) in [7, 11) is 3.40. The van der Waals surface area contributed by atoms with Gasteiger partial charge < -0.3 is 19.0 Å². The minimum atomic E-state index is -0.0806. The predicted molar refractivity (Wildman–Crippen MR) is 140 cm³/mol. The zero-order chi connectivity index (χ0) is 25.1. The van der Waals surface area contributed by atoms with Crippen LogP contribution in [0.4, 0.5) is 11.7 Å². The van der Waals surface area contributed by atoms with Crippen molar-refractivity contribution in [1.29, 1.82) is 0 Å². The summed E-state index contributed by atoms with van der Waals surface area (Å²) >= 11 is 0. The molecule has 4 rings (SSSR count). The van der Waals surface area contributed by atoms with Crippen molar-refractivity contribution < 1.29 is 9.15 Å². The molecular weight excluding hydrogens is 440 g/mol. The van der Waals surface area contributed by atoms with Gasteiger partial charge in [0.15, 0.2) is 0 Å². The maximum absolute atomic E-state index is 13.3. The third-order valence-corrected chi connectivity index (χ3v) is 5.73. The molecule has 0 unspecified atom stereocenters. The van der Waals surface area contributed by atoms with Crippen molar-refractivity contribution in [3.8, 4) is 28.3 Å². The fraction of sp³-hybridized carbons (Fsp3) is 0.179. The third-order valence-electron chi connectivity index (χ3n) is 5.73. The highest BCUT2D eigenvalue weighted by Gasteiger charge is 2.13. The van der Waals surface area contributed by atoms with E-state index in [1.165, 1.54) is 0 Å². The number of hydrogen-bond acceptors (Lipinski definition) is 6. The lowest BCUT2D eigenvalue weighted by Crippen LogP contribution is -2.42. The first-order chi connectivity index (χ1) is 16.8. The molecule has 178 valence electrons. The lowest BCUT2D eigenvalue weighted by molar-refractivity contribution is 0.415. The summed E-state index contributed by atoms with van der Waals surface area (Å²) in [5, 5.41) is 13.2. The molecule has 0 saturated heterocycles. The Balaban J connectivity index is 1.71. The number of hydrogen-bond donors (Lipinski definition) is 1. The van der Waals surface area contributed by atoms with Crippen LogP contribution in [-0.4, -0.2) is 21.9 Å². The fourth-order valence-electron chi connectivity index (χ4n) is 3.85. The van der Waals surface area contributed by atoms with Crippen LogP contribution in [-0.2, 0) is 7.05 Å². The minimum absolute atomic E-state index is 0.0806. The zero-order valence-electron chi connectivity index (χ0n) is 20.5. The molecule has 7 nitrogen and oxygen atoms in total. The van der Waals surface area contributed by atoms with Crippen LogP contribution >= 0.6 is 0 Å². The summed E-state index contributed by atoms with van der Waals surface area (Å²) in [5.74, 6) is 1.14. The molecule has 2 aromatic heterocycles. The lowest BCUT2D eigenvalue weighted by atomic mass is 10.00. The van der Waals surface area contributed by atoms with Gasteiger partial charge in [0.25, 0.3) is 5.56 Å². The number of nitrogens with zero attached hydrogens (tertiary/aromatic N) is 3. The highest BCUT2D eigenvalue weighted by Crippen LogP contribution is 2.27. The molecule has 4 aromatic rings. The van der Waals surface area contributed by atoms with Gasteiger partial charge in [-0.2, -0.15) is 0 Å². The summed E-state index contributed by atoms with van der Waals surface area (Å²) in [6.45, 7) is 9.81. The van der Waals surface area contributed by atoms with Crippen LogP contribution in [0, 0.1) is 6.92 Å². The lowest BCUT2D eigenvalue weighted by Gasteiger charge is -2.11. The number of methoxy groups -OCH3 is 1. The van der Waals surface area contributed by atoms with E-state index in [-0.39, 0.29) is 11.6 Å². The number of pyridine rings is 1. The van der Waals surface area contributed by atoms with E-state index in [1.807, 2.05) is 81.5 Å². The number of benzene rings is 2. The maximum Gasteiger partial charge on any atom is 0.320 e. The number of aromatic nitrogens is 3. The molecule has 1 N–H and O–H groups in total. The van der Waals surface area contributed by atoms with Crippen molar-refractivity contribution in [3.05, 3.63) is 87.2 Å². The average molecular weight is 469 g/mol. The first kappa shape index (κ1) is 23.8. The molecule has 0 aliphatic rings. The molecule has 0 saturated carbocycles. The van der Waals surface area contributed by atoms with E-state index in [0.29, 0.717) is 11.5 Å². The van der Waals surface area contributed by atoms with Gasteiger partial charge >= 0.3 is 6.01 Å². The van der Waals surface area contributed by atoms with E-state index < -0.39 is 0 Å². The Bertz CT molecular complexity index is 1580. The monoisotopic (exact) mass is 468 g/mol. The highest BCUT2D eigenvalue weighted by atomic mass is 16.5. The van der Waals surface area contributed by atoms with Crippen molar-refractivity contribution in [2.45, 2.75) is 20.8 Å². The van der Waals surface area contributed by atoms with Crippen LogP contribution in [0.15, 0.2) is 69.9 Å². The van der Waals surface area contributed by atoms with Crippen LogP contribution in [0.1, 0.15) is 19.4 Å². The van der Waals surface area contributed by atoms with Gasteiger partial charge in [0.05, 0.1) is 12.5 Å². The molecule has 7 heteroatoms. The number of ether oxygens (including phenoxy) is 1. The third kappa shape index (κ3) is 4.94. The molecule has 0 aliphatic heterocycles. The Morgan fingerprint density at radius 1 is 1.11 bits per heavy atom. The Labute approximate surface area is 203 Å². The quantitative estimate of drug-likeness (QED) is 0.454. The SMILES string of the molecule is C=C(C)/C=c1\c(=C/C)cc(-c2cc(Nc3nnc(-c4ccc(OC)cc4)o3)ccc2C)c(=O)n1C. The number of anilines is 2. The van der Waals surface area contributed by atoms with E-state index in [2.05, 4.69) is 22.1 Å². The van der Waals surface area contributed by atoms with E-state index in [9.17, 15) is 4.79 Å². The maximum atomic E-state index is 13.3. The van der Waals surface area contributed by atoms with Gasteiger partial charge in [0.2, 0.25) is 5.89 Å². The van der Waals surface area contributed by atoms with E-state index in [0.717, 1.165) is 44.3 Å². The van der Waals surface area contributed by atoms with Crippen LogP contribution in [0.5, 0.6) is 5.75 Å². The molecule has 0 bridgehead atoms. The number of rotatable bonds is 6. The number of allylic oxidation sites excluding steroid dienone is 1. The van der Waals surface area contributed by atoms with Crippen molar-refractivity contribution in [3.63, 3.8) is 0 Å². The van der Waals surface area contributed by atoms with Gasteiger partial charge in [-0.3, -0.25) is 4.79 Å². The van der Waals surface area contributed by atoms with Crippen LogP contribution in [0.25, 0.3) is 34.7 Å². The molecule has 0 fully saturated rings. The zero-order valence-corrected chi connectivity index (χ0v) is 20.5. The number of aryl methyl sites for hydroxylation is 1. The average Bonchev–Trinajstić information content (AvgIpc) is 3.32. The molecule has 0 amide bonds. The van der Waals surface area contributed by atoms with Gasteiger partial charge in [-0.1, -0.05) is 29.4 Å². The predicted octanol–water partition coefficient (Wildman–Crippen LogP) is 4.32. The minimum Gasteiger partial charge on any atom is -0.497 e. The second kappa shape index (κ2) is 9.85. The Morgan fingerprint density at radius 3 is 2.51 bits per heavy atom. The van der Waals surface area contributed by atoms with Gasteiger partial charge in [-0.05, 0) is 85.7 Å². The molecule has 2 heterocycles. The van der Waals surface area contributed by atoms with Gasteiger partial charge in [-0.25, -0.2) is 0 Å². The summed E-state index contributed by atoms with van der Waals surface area (Å²) in [5.41, 5.74) is 4.75. The molecule has 0 atom stereocenters. The molecule has 0 spiro atoms. The summed E-state index contributed by atoms with van der Waals surface area (Å²) < 4.78 is 12.7. The molecule has 0 aliphatic carbocycles. The largest absolute Gasteiger partial charge is 0.497 e. The smallest absolute Gasteiger partial charge is 0.320 e. The fourth-order valence-corrected chi connectivity index (χ4v) is 3.85. The van der Waals surface area contributed by atoms with E-state index >= 15 is 0 Å². The van der Waals surface area contributed by atoms with Crippen molar-refractivity contribution in [2.24, 2.45) is 7.05 Å². The van der Waals surface area contributed by atoms with Crippen molar-refractivity contribution in [1.82, 2.24) is 14.8 Å². The van der Waals surface area contributed by atoms with E-state index in [4.69, 9.17) is 9.15 Å². The standard InChI is InChI=1S/C28H28N4O3/c1-7-19-15-24(27(33)32(5)25(19)14-17(2)3)23-16-21(11-8-18(23)4)29-28-31-30-26(35-28)20-9-12-22(34-6)13-10-20/h7-16H,2H2,1,3-6H3,(H,29,31)/b19-7-,25-14+. The topological polar surface area (TPSA) is 82.2 Å². The van der Waals surface area contributed by atoms with Gasteiger partial charge in [0.1, 0.15) is 5.75 Å². The summed E-state index contributed by atoms with van der Waals surface area (Å²) in [4.78, 5) is 13.3. The second-order valence-corrected chi connectivity index (χ2v) is 8.34. The summed E-state index contributed by atoms with van der Waals surface area (Å²) in [6.07, 6.45) is 3.91. The Hall–Kier alpha value is -4.39. The summed E-state index contributed by atoms with van der Waals surface area (Å²) in [6, 6.07) is 15.4. The van der Waals surface area contributed by atoms with Crippen LogP contribution < -0.4 is 26.2 Å². The first-order valence-electron chi connectivity index (χ1n) is 11.2. The van der Waals surface area contributed by atoms with Crippen molar-refractivity contribution in [2.75, 3.05) is 12.4 Å².